The van der Waals surface area contributed by atoms with Crippen LogP contribution in [-0.2, 0) is 9.53 Å². The summed E-state index contributed by atoms with van der Waals surface area (Å²) < 4.78 is 6.45. The molecule has 164 valence electrons. The van der Waals surface area contributed by atoms with Crippen molar-refractivity contribution in [2.75, 3.05) is 19.6 Å². The molecule has 4 heteroatoms. The van der Waals surface area contributed by atoms with Gasteiger partial charge < -0.3 is 10.1 Å². The minimum absolute atomic E-state index is 0.232. The van der Waals surface area contributed by atoms with Crippen LogP contribution in [0.15, 0.2) is 34.8 Å². The molecule has 1 saturated carbocycles. The van der Waals surface area contributed by atoms with Crippen molar-refractivity contribution in [3.05, 3.63) is 34.8 Å². The third-order valence-corrected chi connectivity index (χ3v) is 7.94. The third kappa shape index (κ3) is 4.54. The van der Waals surface area contributed by atoms with E-state index in [1.165, 1.54) is 62.9 Å². The van der Waals surface area contributed by atoms with Crippen molar-refractivity contribution in [1.29, 1.82) is 0 Å². The first-order chi connectivity index (χ1) is 14.5. The normalized spacial score (nSPS) is 31.1. The molecule has 2 unspecified atom stereocenters. The minimum Gasteiger partial charge on any atom is -0.462 e. The fourth-order valence-electron chi connectivity index (χ4n) is 5.61. The number of amides is 1. The number of allylic oxidation sites excluding steroid dienone is 3. The van der Waals surface area contributed by atoms with E-state index in [4.69, 9.17) is 4.74 Å². The lowest BCUT2D eigenvalue weighted by atomic mass is 9.79. The van der Waals surface area contributed by atoms with Gasteiger partial charge in [-0.2, -0.15) is 0 Å². The zero-order chi connectivity index (χ0) is 20.7. The van der Waals surface area contributed by atoms with E-state index < -0.39 is 0 Å². The van der Waals surface area contributed by atoms with Crippen molar-refractivity contribution in [1.82, 2.24) is 10.2 Å². The average Bonchev–Trinajstić information content (AvgIpc) is 3.54. The Bertz CT molecular complexity index is 777. The summed E-state index contributed by atoms with van der Waals surface area (Å²) >= 11 is 0. The second-order valence-electron chi connectivity index (χ2n) is 11.0. The third-order valence-electron chi connectivity index (χ3n) is 7.94. The second-order valence-corrected chi connectivity index (χ2v) is 11.0. The van der Waals surface area contributed by atoms with Gasteiger partial charge in [0.2, 0.25) is 5.91 Å². The Labute approximate surface area is 181 Å². The van der Waals surface area contributed by atoms with Crippen molar-refractivity contribution >= 4 is 5.91 Å². The first kappa shape index (κ1) is 20.4. The summed E-state index contributed by atoms with van der Waals surface area (Å²) in [6.07, 6.45) is 16.1. The summed E-state index contributed by atoms with van der Waals surface area (Å²) in [7, 11) is 0. The molecule has 5 aliphatic rings. The van der Waals surface area contributed by atoms with Gasteiger partial charge >= 0.3 is 0 Å². The van der Waals surface area contributed by atoms with Gasteiger partial charge in [-0.3, -0.25) is 9.69 Å². The van der Waals surface area contributed by atoms with Gasteiger partial charge in [-0.15, -0.1) is 0 Å². The smallest absolute Gasteiger partial charge is 0.220 e. The number of nitrogens with zero attached hydrogens (tertiary/aromatic N) is 1. The lowest BCUT2D eigenvalue weighted by molar-refractivity contribution is -0.121. The second kappa shape index (κ2) is 8.18. The SMILES string of the molecule is CC1(C)CCN(C2CCCC3=C2CC2=CC(CNC(=O)CC4CC4)CC=C2O3)CC1. The standard InChI is InChI=1S/C26H38N2O2/c1-26(2)10-12-28(13-11-26)22-4-3-5-24-21(22)16-20-14-19(8-9-23(20)30-24)17-27-25(29)15-18-6-7-18/h9,14,18-19,22H,3-8,10-13,15-17H2,1-2H3,(H,27,29). The Kier molecular flexibility index (Phi) is 5.55. The monoisotopic (exact) mass is 410 g/mol. The van der Waals surface area contributed by atoms with Gasteiger partial charge in [-0.1, -0.05) is 19.9 Å². The molecule has 2 fully saturated rings. The average molecular weight is 411 g/mol. The molecule has 4 nitrogen and oxygen atoms in total. The first-order valence-electron chi connectivity index (χ1n) is 12.3. The van der Waals surface area contributed by atoms with Crippen LogP contribution in [-0.4, -0.2) is 36.5 Å². The predicted molar refractivity (Wildman–Crippen MR) is 120 cm³/mol. The number of fused-ring (bicyclic) bond motifs is 1. The zero-order valence-electron chi connectivity index (χ0n) is 18.8. The highest BCUT2D eigenvalue weighted by Gasteiger charge is 2.37. The highest BCUT2D eigenvalue weighted by molar-refractivity contribution is 5.76. The summed E-state index contributed by atoms with van der Waals surface area (Å²) in [6, 6.07) is 0.561. The molecule has 0 radical (unpaired) electrons. The molecule has 2 heterocycles. The van der Waals surface area contributed by atoms with E-state index in [9.17, 15) is 4.79 Å². The molecule has 2 atom stereocenters. The first-order valence-corrected chi connectivity index (χ1v) is 12.3. The van der Waals surface area contributed by atoms with Gasteiger partial charge in [0, 0.05) is 31.8 Å². The van der Waals surface area contributed by atoms with E-state index in [0.717, 1.165) is 38.0 Å². The largest absolute Gasteiger partial charge is 0.462 e. The molecule has 0 aromatic rings. The molecular weight excluding hydrogens is 372 g/mol. The highest BCUT2D eigenvalue weighted by atomic mass is 16.5. The topological polar surface area (TPSA) is 41.6 Å². The Morgan fingerprint density at radius 3 is 2.80 bits per heavy atom. The van der Waals surface area contributed by atoms with Gasteiger partial charge in [0.1, 0.15) is 11.5 Å². The van der Waals surface area contributed by atoms with E-state index in [0.29, 0.717) is 23.3 Å². The molecule has 0 spiro atoms. The molecule has 0 bridgehead atoms. The minimum atomic E-state index is 0.232. The summed E-state index contributed by atoms with van der Waals surface area (Å²) in [5.74, 6) is 3.64. The lowest BCUT2D eigenvalue weighted by Crippen LogP contribution is -2.46. The number of piperidine rings is 1. The number of nitrogens with one attached hydrogen (secondary N) is 1. The number of carbonyl (C=O) groups excluding carboxylic acids is 1. The van der Waals surface area contributed by atoms with Gasteiger partial charge in [0.25, 0.3) is 0 Å². The molecule has 1 saturated heterocycles. The maximum Gasteiger partial charge on any atom is 0.220 e. The Balaban J connectivity index is 1.24. The number of rotatable bonds is 5. The predicted octanol–water partition coefficient (Wildman–Crippen LogP) is 5.08. The molecule has 1 amide bonds. The molecule has 0 aromatic heterocycles. The molecule has 2 aliphatic heterocycles. The van der Waals surface area contributed by atoms with Crippen LogP contribution in [0.25, 0.3) is 0 Å². The molecule has 1 N–H and O–H groups in total. The van der Waals surface area contributed by atoms with Crippen LogP contribution in [0.4, 0.5) is 0 Å². The summed E-state index contributed by atoms with van der Waals surface area (Å²) in [6.45, 7) is 8.01. The quantitative estimate of drug-likeness (QED) is 0.687. The van der Waals surface area contributed by atoms with Crippen LogP contribution < -0.4 is 5.32 Å². The maximum atomic E-state index is 12.1. The van der Waals surface area contributed by atoms with Crippen molar-refractivity contribution in [3.63, 3.8) is 0 Å². The summed E-state index contributed by atoms with van der Waals surface area (Å²) in [5.41, 5.74) is 3.39. The van der Waals surface area contributed by atoms with E-state index in [1.54, 1.807) is 5.57 Å². The van der Waals surface area contributed by atoms with Crippen LogP contribution in [0.2, 0.25) is 0 Å². The molecule has 5 rings (SSSR count). The van der Waals surface area contributed by atoms with Crippen LogP contribution in [0.5, 0.6) is 0 Å². The Morgan fingerprint density at radius 2 is 2.03 bits per heavy atom. The van der Waals surface area contributed by atoms with Gasteiger partial charge in [0.15, 0.2) is 0 Å². The number of ether oxygens (including phenoxy) is 1. The molecule has 3 aliphatic carbocycles. The Hall–Kier alpha value is -1.55. The number of likely N-dealkylation sites (tertiary alicyclic amines) is 1. The van der Waals surface area contributed by atoms with Crippen molar-refractivity contribution in [2.24, 2.45) is 17.3 Å². The lowest BCUT2D eigenvalue weighted by Gasteiger charge is -2.45. The van der Waals surface area contributed by atoms with E-state index in [-0.39, 0.29) is 5.91 Å². The van der Waals surface area contributed by atoms with Crippen LogP contribution in [0.3, 0.4) is 0 Å². The number of hydrogen-bond acceptors (Lipinski definition) is 3. The highest BCUT2D eigenvalue weighted by Crippen LogP contribution is 2.44. The summed E-state index contributed by atoms with van der Waals surface area (Å²) in [5, 5.41) is 3.17. The van der Waals surface area contributed by atoms with E-state index >= 15 is 0 Å². The van der Waals surface area contributed by atoms with Crippen molar-refractivity contribution in [3.8, 4) is 0 Å². The van der Waals surface area contributed by atoms with Gasteiger partial charge in [0.05, 0.1) is 0 Å². The number of hydrogen-bond donors (Lipinski definition) is 1. The van der Waals surface area contributed by atoms with E-state index in [1.807, 2.05) is 0 Å². The molecular formula is C26H38N2O2. The molecule has 0 aromatic carbocycles. The zero-order valence-corrected chi connectivity index (χ0v) is 18.8. The number of carbonyl (C=O) groups is 1. The van der Waals surface area contributed by atoms with Crippen LogP contribution >= 0.6 is 0 Å². The molecule has 30 heavy (non-hydrogen) atoms. The van der Waals surface area contributed by atoms with Crippen LogP contribution in [0.1, 0.15) is 78.1 Å². The van der Waals surface area contributed by atoms with Crippen LogP contribution in [0, 0.1) is 17.3 Å². The maximum absolute atomic E-state index is 12.1. The van der Waals surface area contributed by atoms with Gasteiger partial charge in [-0.25, -0.2) is 0 Å². The van der Waals surface area contributed by atoms with E-state index in [2.05, 4.69) is 36.2 Å². The summed E-state index contributed by atoms with van der Waals surface area (Å²) in [4.78, 5) is 14.8. The Morgan fingerprint density at radius 1 is 1.23 bits per heavy atom. The fraction of sp³-hybridized carbons (Fsp3) is 0.731. The van der Waals surface area contributed by atoms with Crippen molar-refractivity contribution < 1.29 is 9.53 Å². The fourth-order valence-corrected chi connectivity index (χ4v) is 5.61. The van der Waals surface area contributed by atoms with Gasteiger partial charge in [-0.05, 0) is 92.5 Å². The van der Waals surface area contributed by atoms with Crippen molar-refractivity contribution in [2.45, 2.75) is 84.1 Å².